The Balaban J connectivity index is 2.93. The quantitative estimate of drug-likeness (QED) is 0.734. The van der Waals surface area contributed by atoms with Crippen molar-refractivity contribution in [1.82, 2.24) is 0 Å². The second-order valence-corrected chi connectivity index (χ2v) is 3.88. The van der Waals surface area contributed by atoms with E-state index in [1.165, 1.54) is 0 Å². The Morgan fingerprint density at radius 1 is 1.31 bits per heavy atom. The molecule has 0 aliphatic carbocycles. The highest BCUT2D eigenvalue weighted by molar-refractivity contribution is 5.25. The summed E-state index contributed by atoms with van der Waals surface area (Å²) in [7, 11) is 0. The molecule has 0 unspecified atom stereocenters. The van der Waals surface area contributed by atoms with Crippen LogP contribution in [0.3, 0.4) is 0 Å². The molecule has 0 fully saturated rings. The molecule has 0 saturated heterocycles. The molecule has 1 aromatic carbocycles. The zero-order valence-electron chi connectivity index (χ0n) is 8.20. The van der Waals surface area contributed by atoms with E-state index in [2.05, 4.69) is 0 Å². The molecule has 1 atom stereocenters. The first kappa shape index (κ1) is 10.2. The molecule has 2 nitrogen and oxygen atoms in total. The number of rotatable bonds is 3. The van der Waals surface area contributed by atoms with Crippen LogP contribution >= 0.6 is 0 Å². The molecular weight excluding hydrogens is 162 g/mol. The molecule has 0 heterocycles. The van der Waals surface area contributed by atoms with Gasteiger partial charge in [-0.15, -0.1) is 0 Å². The summed E-state index contributed by atoms with van der Waals surface area (Å²) in [5.74, 6) is 0. The highest BCUT2D eigenvalue weighted by Crippen LogP contribution is 2.25. The van der Waals surface area contributed by atoms with Gasteiger partial charge in [0.1, 0.15) is 0 Å². The van der Waals surface area contributed by atoms with Gasteiger partial charge in [-0.1, -0.05) is 44.2 Å². The van der Waals surface area contributed by atoms with Crippen LogP contribution in [-0.2, 0) is 5.41 Å². The number of hydrogen-bond donors (Lipinski definition) is 2. The molecule has 1 rings (SSSR count). The van der Waals surface area contributed by atoms with E-state index in [0.717, 1.165) is 5.56 Å². The average molecular weight is 179 g/mol. The van der Waals surface area contributed by atoms with Crippen LogP contribution in [0.25, 0.3) is 0 Å². The summed E-state index contributed by atoms with van der Waals surface area (Å²) < 4.78 is 0. The molecule has 13 heavy (non-hydrogen) atoms. The first-order valence-electron chi connectivity index (χ1n) is 4.51. The average Bonchev–Trinajstić information content (AvgIpc) is 2.18. The van der Waals surface area contributed by atoms with Crippen molar-refractivity contribution in [3.63, 3.8) is 0 Å². The van der Waals surface area contributed by atoms with E-state index in [1.54, 1.807) is 0 Å². The van der Waals surface area contributed by atoms with Crippen LogP contribution in [-0.4, -0.2) is 17.8 Å². The summed E-state index contributed by atoms with van der Waals surface area (Å²) in [4.78, 5) is 0. The van der Waals surface area contributed by atoms with Gasteiger partial charge in [0.15, 0.2) is 0 Å². The van der Waals surface area contributed by atoms with Crippen molar-refractivity contribution in [2.45, 2.75) is 25.3 Å². The lowest BCUT2D eigenvalue weighted by Crippen LogP contribution is -2.43. The minimum absolute atomic E-state index is 0.0158. The molecule has 0 aliphatic rings. The smallest absolute Gasteiger partial charge is 0.0591 e. The Morgan fingerprint density at radius 2 is 1.85 bits per heavy atom. The fraction of sp³-hybridized carbons (Fsp3) is 0.455. The standard InChI is InChI=1S/C11H17NO/c1-11(2,10(12)8-13)9-6-4-3-5-7-9/h3-7,10,13H,8,12H2,1-2H3/t10-/m1/s1. The maximum absolute atomic E-state index is 9.01. The lowest BCUT2D eigenvalue weighted by molar-refractivity contribution is 0.220. The van der Waals surface area contributed by atoms with E-state index in [1.807, 2.05) is 44.2 Å². The summed E-state index contributed by atoms with van der Waals surface area (Å²) in [5, 5.41) is 9.01. The summed E-state index contributed by atoms with van der Waals surface area (Å²) in [6.45, 7) is 4.11. The van der Waals surface area contributed by atoms with Crippen LogP contribution < -0.4 is 5.73 Å². The van der Waals surface area contributed by atoms with E-state index in [9.17, 15) is 0 Å². The molecule has 2 heteroatoms. The van der Waals surface area contributed by atoms with Gasteiger partial charge in [0.2, 0.25) is 0 Å². The van der Waals surface area contributed by atoms with Gasteiger partial charge in [-0.3, -0.25) is 0 Å². The van der Waals surface area contributed by atoms with Crippen molar-refractivity contribution < 1.29 is 5.11 Å². The minimum atomic E-state index is -0.213. The molecule has 72 valence electrons. The summed E-state index contributed by atoms with van der Waals surface area (Å²) >= 11 is 0. The molecule has 1 aromatic rings. The van der Waals surface area contributed by atoms with Crippen molar-refractivity contribution in [1.29, 1.82) is 0 Å². The molecule has 0 amide bonds. The second kappa shape index (κ2) is 3.90. The van der Waals surface area contributed by atoms with Crippen molar-refractivity contribution in [3.8, 4) is 0 Å². The van der Waals surface area contributed by atoms with Crippen LogP contribution in [0.15, 0.2) is 30.3 Å². The third kappa shape index (κ3) is 2.08. The normalized spacial score (nSPS) is 14.2. The molecule has 0 saturated carbocycles. The predicted molar refractivity (Wildman–Crippen MR) is 54.5 cm³/mol. The lowest BCUT2D eigenvalue weighted by Gasteiger charge is -2.30. The van der Waals surface area contributed by atoms with Crippen molar-refractivity contribution in [3.05, 3.63) is 35.9 Å². The predicted octanol–water partition coefficient (Wildman–Crippen LogP) is 1.28. The van der Waals surface area contributed by atoms with Gasteiger partial charge in [-0.2, -0.15) is 0 Å². The Bertz CT molecular complexity index is 256. The van der Waals surface area contributed by atoms with Crippen LogP contribution in [0, 0.1) is 0 Å². The van der Waals surface area contributed by atoms with Crippen LogP contribution in [0.4, 0.5) is 0 Å². The van der Waals surface area contributed by atoms with Crippen molar-refractivity contribution >= 4 is 0 Å². The number of benzene rings is 1. The van der Waals surface area contributed by atoms with Gasteiger partial charge in [0.25, 0.3) is 0 Å². The highest BCUT2D eigenvalue weighted by Gasteiger charge is 2.27. The van der Waals surface area contributed by atoms with Gasteiger partial charge in [0, 0.05) is 11.5 Å². The first-order valence-corrected chi connectivity index (χ1v) is 4.51. The van der Waals surface area contributed by atoms with E-state index >= 15 is 0 Å². The zero-order valence-corrected chi connectivity index (χ0v) is 8.20. The molecular formula is C11H17NO. The summed E-state index contributed by atoms with van der Waals surface area (Å²) in [6, 6.07) is 9.81. The molecule has 0 aromatic heterocycles. The van der Waals surface area contributed by atoms with E-state index in [-0.39, 0.29) is 18.1 Å². The van der Waals surface area contributed by atoms with Gasteiger partial charge >= 0.3 is 0 Å². The first-order chi connectivity index (χ1) is 6.09. The fourth-order valence-electron chi connectivity index (χ4n) is 1.31. The Kier molecular flexibility index (Phi) is 3.07. The molecule has 0 bridgehead atoms. The molecule has 0 radical (unpaired) electrons. The third-order valence-electron chi connectivity index (χ3n) is 2.64. The maximum atomic E-state index is 9.01. The highest BCUT2D eigenvalue weighted by atomic mass is 16.3. The molecule has 0 aliphatic heterocycles. The number of hydrogen-bond acceptors (Lipinski definition) is 2. The van der Waals surface area contributed by atoms with Gasteiger partial charge in [-0.05, 0) is 5.56 Å². The Morgan fingerprint density at radius 3 is 2.31 bits per heavy atom. The van der Waals surface area contributed by atoms with E-state index < -0.39 is 0 Å². The van der Waals surface area contributed by atoms with E-state index in [4.69, 9.17) is 10.8 Å². The second-order valence-electron chi connectivity index (χ2n) is 3.88. The lowest BCUT2D eigenvalue weighted by atomic mass is 9.78. The number of aliphatic hydroxyl groups excluding tert-OH is 1. The Labute approximate surface area is 79.4 Å². The van der Waals surface area contributed by atoms with Crippen LogP contribution in [0.5, 0.6) is 0 Å². The minimum Gasteiger partial charge on any atom is -0.395 e. The van der Waals surface area contributed by atoms with Gasteiger partial charge < -0.3 is 10.8 Å². The van der Waals surface area contributed by atoms with Crippen molar-refractivity contribution in [2.24, 2.45) is 5.73 Å². The third-order valence-corrected chi connectivity index (χ3v) is 2.64. The van der Waals surface area contributed by atoms with Gasteiger partial charge in [0.05, 0.1) is 6.61 Å². The van der Waals surface area contributed by atoms with Gasteiger partial charge in [-0.25, -0.2) is 0 Å². The topological polar surface area (TPSA) is 46.2 Å². The van der Waals surface area contributed by atoms with Crippen molar-refractivity contribution in [2.75, 3.05) is 6.61 Å². The number of aliphatic hydroxyl groups is 1. The fourth-order valence-corrected chi connectivity index (χ4v) is 1.31. The summed E-state index contributed by atoms with van der Waals surface area (Å²) in [6.07, 6.45) is 0. The van der Waals surface area contributed by atoms with Crippen LogP contribution in [0.1, 0.15) is 19.4 Å². The Hall–Kier alpha value is -0.860. The van der Waals surface area contributed by atoms with E-state index in [0.29, 0.717) is 0 Å². The van der Waals surface area contributed by atoms with Crippen LogP contribution in [0.2, 0.25) is 0 Å². The number of nitrogens with two attached hydrogens (primary N) is 1. The zero-order chi connectivity index (χ0) is 9.90. The maximum Gasteiger partial charge on any atom is 0.0591 e. The monoisotopic (exact) mass is 179 g/mol. The summed E-state index contributed by atoms with van der Waals surface area (Å²) in [5.41, 5.74) is 6.83. The molecule has 3 N–H and O–H groups in total. The molecule has 0 spiro atoms. The SMILES string of the molecule is CC(C)(c1ccccc1)[C@H](N)CO. The largest absolute Gasteiger partial charge is 0.395 e.